The van der Waals surface area contributed by atoms with Crippen molar-refractivity contribution in [2.24, 2.45) is 11.8 Å². The van der Waals surface area contributed by atoms with Crippen LogP contribution in [0, 0.1) is 11.8 Å². The summed E-state index contributed by atoms with van der Waals surface area (Å²) >= 11 is 0. The minimum atomic E-state index is -0.749. The molecule has 2 atom stereocenters. The number of carboxylic acids is 1. The molecule has 1 aliphatic carbocycles. The standard InChI is InChI=1S/C21H30O3/c1-3-4-7-10-17(2)13-15-19-18(14-16-20(19)22)11-8-5-6-9-12-21(23)24/h4-5,7-8,14-18H,3,6,9-13H2,1-2H3,(H,23,24)/b7-4-,8-5-,19-15+/t17-,18-/m0/s1. The predicted molar refractivity (Wildman–Crippen MR) is 98.8 cm³/mol. The fourth-order valence-electron chi connectivity index (χ4n) is 2.70. The van der Waals surface area contributed by atoms with Crippen molar-refractivity contribution >= 4 is 11.8 Å². The number of aliphatic carboxylic acids is 1. The maximum Gasteiger partial charge on any atom is 0.303 e. The number of hydrogen-bond donors (Lipinski definition) is 1. The van der Waals surface area contributed by atoms with E-state index in [9.17, 15) is 9.59 Å². The summed E-state index contributed by atoms with van der Waals surface area (Å²) in [4.78, 5) is 22.5. The van der Waals surface area contributed by atoms with Crippen molar-refractivity contribution in [1.29, 1.82) is 0 Å². The van der Waals surface area contributed by atoms with Crippen molar-refractivity contribution in [2.45, 2.75) is 58.8 Å². The van der Waals surface area contributed by atoms with Gasteiger partial charge in [-0.1, -0.05) is 50.3 Å². The van der Waals surface area contributed by atoms with E-state index in [0.29, 0.717) is 12.3 Å². The number of carbonyl (C=O) groups excluding carboxylic acids is 1. The summed E-state index contributed by atoms with van der Waals surface area (Å²) in [6, 6.07) is 0. The largest absolute Gasteiger partial charge is 0.481 e. The first-order valence-corrected chi connectivity index (χ1v) is 8.99. The van der Waals surface area contributed by atoms with Crippen molar-refractivity contribution in [2.75, 3.05) is 0 Å². The van der Waals surface area contributed by atoms with Gasteiger partial charge in [0.15, 0.2) is 5.78 Å². The Morgan fingerprint density at radius 2 is 2.04 bits per heavy atom. The summed E-state index contributed by atoms with van der Waals surface area (Å²) in [5.41, 5.74) is 0.913. The first-order valence-electron chi connectivity index (χ1n) is 8.99. The van der Waals surface area contributed by atoms with Crippen molar-refractivity contribution in [1.82, 2.24) is 0 Å². The van der Waals surface area contributed by atoms with Gasteiger partial charge < -0.3 is 5.11 Å². The molecule has 3 heteroatoms. The van der Waals surface area contributed by atoms with Gasteiger partial charge in [-0.05, 0) is 50.5 Å². The predicted octanol–water partition coefficient (Wildman–Crippen LogP) is 5.25. The Labute approximate surface area is 145 Å². The third-order valence-electron chi connectivity index (χ3n) is 4.16. The molecule has 1 aliphatic rings. The van der Waals surface area contributed by atoms with Gasteiger partial charge in [-0.2, -0.15) is 0 Å². The molecule has 1 N–H and O–H groups in total. The highest BCUT2D eigenvalue weighted by Gasteiger charge is 2.21. The minimum Gasteiger partial charge on any atom is -0.481 e. The van der Waals surface area contributed by atoms with Crippen LogP contribution in [0.2, 0.25) is 0 Å². The summed E-state index contributed by atoms with van der Waals surface area (Å²) in [6.07, 6.45) is 19.8. The lowest BCUT2D eigenvalue weighted by molar-refractivity contribution is -0.137. The molecule has 0 unspecified atom stereocenters. The monoisotopic (exact) mass is 330 g/mol. The lowest BCUT2D eigenvalue weighted by Gasteiger charge is -2.10. The maximum atomic E-state index is 12.0. The molecule has 0 radical (unpaired) electrons. The van der Waals surface area contributed by atoms with Gasteiger partial charge >= 0.3 is 5.97 Å². The van der Waals surface area contributed by atoms with E-state index in [0.717, 1.165) is 37.7 Å². The van der Waals surface area contributed by atoms with E-state index < -0.39 is 5.97 Å². The Hall–Kier alpha value is -1.90. The topological polar surface area (TPSA) is 54.4 Å². The molecule has 0 heterocycles. The summed E-state index contributed by atoms with van der Waals surface area (Å²) < 4.78 is 0. The van der Waals surface area contributed by atoms with Gasteiger partial charge in [0.25, 0.3) is 0 Å². The van der Waals surface area contributed by atoms with E-state index in [1.807, 2.05) is 12.2 Å². The van der Waals surface area contributed by atoms with Crippen LogP contribution >= 0.6 is 0 Å². The molecule has 0 bridgehead atoms. The highest BCUT2D eigenvalue weighted by Crippen LogP contribution is 2.27. The molecule has 0 aromatic rings. The van der Waals surface area contributed by atoms with Gasteiger partial charge in [0.05, 0.1) is 0 Å². The number of unbranched alkanes of at least 4 members (excludes halogenated alkanes) is 1. The van der Waals surface area contributed by atoms with Gasteiger partial charge in [0.1, 0.15) is 0 Å². The third kappa shape index (κ3) is 8.09. The number of ketones is 1. The van der Waals surface area contributed by atoms with Crippen LogP contribution in [0.25, 0.3) is 0 Å². The van der Waals surface area contributed by atoms with Gasteiger partial charge in [-0.15, -0.1) is 0 Å². The molecule has 0 aromatic heterocycles. The van der Waals surface area contributed by atoms with Crippen LogP contribution in [0.4, 0.5) is 0 Å². The molecule has 0 saturated carbocycles. The second kappa shape index (κ2) is 11.6. The minimum absolute atomic E-state index is 0.135. The average molecular weight is 330 g/mol. The Kier molecular flexibility index (Phi) is 9.74. The van der Waals surface area contributed by atoms with Crippen LogP contribution in [0.15, 0.2) is 48.1 Å². The summed E-state index contributed by atoms with van der Waals surface area (Å²) in [5.74, 6) is 0.101. The van der Waals surface area contributed by atoms with Gasteiger partial charge in [-0.3, -0.25) is 9.59 Å². The fraction of sp³-hybridized carbons (Fsp3) is 0.524. The molecule has 0 saturated heterocycles. The smallest absolute Gasteiger partial charge is 0.303 e. The fourth-order valence-corrected chi connectivity index (χ4v) is 2.70. The van der Waals surface area contributed by atoms with Crippen molar-refractivity contribution in [3.8, 4) is 0 Å². The Balaban J connectivity index is 2.43. The van der Waals surface area contributed by atoms with Gasteiger partial charge in [0.2, 0.25) is 0 Å². The van der Waals surface area contributed by atoms with Crippen LogP contribution < -0.4 is 0 Å². The van der Waals surface area contributed by atoms with Crippen LogP contribution in [-0.2, 0) is 9.59 Å². The third-order valence-corrected chi connectivity index (χ3v) is 4.16. The molecule has 132 valence electrons. The highest BCUT2D eigenvalue weighted by atomic mass is 16.4. The highest BCUT2D eigenvalue weighted by molar-refractivity contribution is 6.07. The number of hydrogen-bond acceptors (Lipinski definition) is 2. The molecule has 0 aromatic carbocycles. The summed E-state index contributed by atoms with van der Waals surface area (Å²) in [7, 11) is 0. The lowest BCUT2D eigenvalue weighted by atomic mass is 9.94. The van der Waals surface area contributed by atoms with Crippen LogP contribution in [0.1, 0.15) is 58.8 Å². The first-order chi connectivity index (χ1) is 11.5. The molecule has 0 aliphatic heterocycles. The maximum absolute atomic E-state index is 12.0. The van der Waals surface area contributed by atoms with E-state index in [1.165, 1.54) is 0 Å². The molecular formula is C21H30O3. The second-order valence-corrected chi connectivity index (χ2v) is 6.44. The van der Waals surface area contributed by atoms with Crippen LogP contribution in [0.3, 0.4) is 0 Å². The van der Waals surface area contributed by atoms with Crippen molar-refractivity contribution in [3.05, 3.63) is 48.1 Å². The van der Waals surface area contributed by atoms with E-state index >= 15 is 0 Å². The molecular weight excluding hydrogens is 300 g/mol. The number of rotatable bonds is 11. The van der Waals surface area contributed by atoms with E-state index in [1.54, 1.807) is 6.08 Å². The normalized spacial score (nSPS) is 20.7. The molecule has 0 amide bonds. The van der Waals surface area contributed by atoms with Crippen molar-refractivity contribution in [3.63, 3.8) is 0 Å². The van der Waals surface area contributed by atoms with Gasteiger partial charge in [-0.25, -0.2) is 0 Å². The van der Waals surface area contributed by atoms with Crippen LogP contribution in [-0.4, -0.2) is 16.9 Å². The second-order valence-electron chi connectivity index (χ2n) is 6.44. The van der Waals surface area contributed by atoms with E-state index in [-0.39, 0.29) is 18.1 Å². The average Bonchev–Trinajstić information content (AvgIpc) is 2.89. The Morgan fingerprint density at radius 3 is 2.75 bits per heavy atom. The lowest BCUT2D eigenvalue weighted by Crippen LogP contribution is -2.03. The van der Waals surface area contributed by atoms with Crippen molar-refractivity contribution < 1.29 is 14.7 Å². The first kappa shape index (κ1) is 20.1. The summed E-state index contributed by atoms with van der Waals surface area (Å²) in [6.45, 7) is 4.34. The zero-order chi connectivity index (χ0) is 17.8. The number of carbonyl (C=O) groups is 2. The molecule has 0 fully saturated rings. The SMILES string of the molecule is CC/C=C\C[C@H](C)C/C=C1/C(=O)C=C[C@@H]1C/C=C\CCCC(=O)O. The van der Waals surface area contributed by atoms with Gasteiger partial charge in [0, 0.05) is 17.9 Å². The molecule has 24 heavy (non-hydrogen) atoms. The number of allylic oxidation sites excluding steroid dienone is 8. The number of carboxylic acid groups (broad SMARTS) is 1. The molecule has 1 rings (SSSR count). The summed E-state index contributed by atoms with van der Waals surface area (Å²) in [5, 5.41) is 8.60. The zero-order valence-corrected chi connectivity index (χ0v) is 14.9. The molecule has 0 spiro atoms. The molecule has 3 nitrogen and oxygen atoms in total. The Morgan fingerprint density at radius 1 is 1.25 bits per heavy atom. The quantitative estimate of drug-likeness (QED) is 0.320. The van der Waals surface area contributed by atoms with Crippen LogP contribution in [0.5, 0.6) is 0 Å². The zero-order valence-electron chi connectivity index (χ0n) is 14.9. The van der Waals surface area contributed by atoms with E-state index in [4.69, 9.17) is 5.11 Å². The Bertz CT molecular complexity index is 523. The van der Waals surface area contributed by atoms with E-state index in [2.05, 4.69) is 38.2 Å².